The van der Waals surface area contributed by atoms with Gasteiger partial charge in [0.05, 0.1) is 0 Å². The lowest BCUT2D eigenvalue weighted by Crippen LogP contribution is -2.09. The zero-order valence-corrected chi connectivity index (χ0v) is 31.4. The van der Waals surface area contributed by atoms with Gasteiger partial charge in [-0.1, -0.05) is 152 Å². The first-order valence-electron chi connectivity index (χ1n) is 18.7. The fourth-order valence-electron chi connectivity index (χ4n) is 8.33. The average Bonchev–Trinajstić information content (AvgIpc) is 3.81. The van der Waals surface area contributed by atoms with E-state index in [1.807, 2.05) is 22.7 Å². The molecule has 258 valence electrons. The van der Waals surface area contributed by atoms with E-state index in [9.17, 15) is 0 Å². The molecule has 2 aromatic heterocycles. The van der Waals surface area contributed by atoms with Crippen LogP contribution in [0.3, 0.4) is 0 Å². The van der Waals surface area contributed by atoms with E-state index >= 15 is 0 Å². The van der Waals surface area contributed by atoms with Crippen molar-refractivity contribution >= 4 is 90.9 Å². The van der Waals surface area contributed by atoms with Crippen LogP contribution in [-0.2, 0) is 0 Å². The fourth-order valence-corrected chi connectivity index (χ4v) is 10.6. The van der Waals surface area contributed by atoms with E-state index in [2.05, 4.69) is 205 Å². The molecule has 0 N–H and O–H groups in total. The molecule has 11 rings (SSSR count). The molecule has 0 aliphatic heterocycles. The molecule has 11 aromatic rings. The molecular formula is C52H33NS2. The van der Waals surface area contributed by atoms with E-state index in [-0.39, 0.29) is 0 Å². The lowest BCUT2D eigenvalue weighted by molar-refractivity contribution is 1.30. The summed E-state index contributed by atoms with van der Waals surface area (Å²) < 4.78 is 5.22. The number of hydrogen-bond donors (Lipinski definition) is 0. The third-order valence-corrected chi connectivity index (χ3v) is 13.2. The van der Waals surface area contributed by atoms with Crippen molar-refractivity contribution < 1.29 is 0 Å². The van der Waals surface area contributed by atoms with Crippen LogP contribution in [0.25, 0.3) is 84.5 Å². The monoisotopic (exact) mass is 735 g/mol. The summed E-state index contributed by atoms with van der Waals surface area (Å²) in [5.41, 5.74) is 10.8. The van der Waals surface area contributed by atoms with Crippen LogP contribution in [0, 0.1) is 0 Å². The van der Waals surface area contributed by atoms with Crippen LogP contribution in [0.15, 0.2) is 200 Å². The van der Waals surface area contributed by atoms with Gasteiger partial charge in [0.25, 0.3) is 0 Å². The maximum Gasteiger partial charge on any atom is 0.0476 e. The summed E-state index contributed by atoms with van der Waals surface area (Å²) in [7, 11) is 0. The minimum Gasteiger partial charge on any atom is -0.310 e. The Hall–Kier alpha value is -6.52. The second-order valence-electron chi connectivity index (χ2n) is 14.1. The predicted octanol–water partition coefficient (Wildman–Crippen LogP) is 16.0. The Morgan fingerprint density at radius 1 is 0.273 bits per heavy atom. The molecule has 2 heterocycles. The standard InChI is InChI=1S/C52H33NS2/c1-2-14-39-34(12-1)13-11-21-42(39)44-18-6-5-17-43(44)41-16-4-3-15-40(41)35-24-26-36(27-25-35)53(37-28-30-47-45-19-7-9-22-49(45)54-51(47)32-37)38-29-31-48-46-20-8-10-23-50(46)55-52(48)33-38/h1-33H. The van der Waals surface area contributed by atoms with Crippen molar-refractivity contribution in [2.24, 2.45) is 0 Å². The molecule has 0 unspecified atom stereocenters. The van der Waals surface area contributed by atoms with Crippen molar-refractivity contribution in [3.63, 3.8) is 0 Å². The van der Waals surface area contributed by atoms with Crippen molar-refractivity contribution in [3.05, 3.63) is 200 Å². The SMILES string of the molecule is c1ccc(-c2ccccc2-c2cccc3ccccc23)c(-c2ccc(N(c3ccc4c(c3)sc3ccccc34)c3ccc4c(c3)sc3ccccc34)cc2)c1. The van der Waals surface area contributed by atoms with Crippen LogP contribution in [0.5, 0.6) is 0 Å². The Labute approximate surface area is 327 Å². The van der Waals surface area contributed by atoms with Gasteiger partial charge < -0.3 is 4.90 Å². The topological polar surface area (TPSA) is 3.24 Å². The van der Waals surface area contributed by atoms with Crippen molar-refractivity contribution in [3.8, 4) is 33.4 Å². The van der Waals surface area contributed by atoms with Gasteiger partial charge in [0.15, 0.2) is 0 Å². The summed E-state index contributed by atoms with van der Waals surface area (Å²) >= 11 is 3.73. The molecule has 3 heteroatoms. The maximum atomic E-state index is 2.42. The third-order valence-electron chi connectivity index (χ3n) is 10.9. The van der Waals surface area contributed by atoms with Crippen molar-refractivity contribution in [1.82, 2.24) is 0 Å². The molecule has 1 nitrogen and oxygen atoms in total. The maximum absolute atomic E-state index is 2.42. The van der Waals surface area contributed by atoms with Gasteiger partial charge in [0, 0.05) is 57.4 Å². The van der Waals surface area contributed by atoms with Gasteiger partial charge in [-0.25, -0.2) is 0 Å². The van der Waals surface area contributed by atoms with E-state index in [0.29, 0.717) is 0 Å². The highest BCUT2D eigenvalue weighted by molar-refractivity contribution is 7.26. The van der Waals surface area contributed by atoms with Crippen LogP contribution < -0.4 is 4.90 Å². The van der Waals surface area contributed by atoms with Gasteiger partial charge in [-0.05, 0) is 92.7 Å². The predicted molar refractivity (Wildman–Crippen MR) is 241 cm³/mol. The zero-order valence-electron chi connectivity index (χ0n) is 29.8. The summed E-state index contributed by atoms with van der Waals surface area (Å²) in [5, 5.41) is 7.76. The molecule has 0 radical (unpaired) electrons. The molecule has 0 aliphatic carbocycles. The third kappa shape index (κ3) is 5.43. The van der Waals surface area contributed by atoms with Crippen LogP contribution in [0.2, 0.25) is 0 Å². The first-order chi connectivity index (χ1) is 27.3. The fraction of sp³-hybridized carbons (Fsp3) is 0. The van der Waals surface area contributed by atoms with Crippen LogP contribution in [-0.4, -0.2) is 0 Å². The van der Waals surface area contributed by atoms with Gasteiger partial charge in [0.1, 0.15) is 0 Å². The largest absolute Gasteiger partial charge is 0.310 e. The van der Waals surface area contributed by atoms with E-state index in [0.717, 1.165) is 17.1 Å². The Kier molecular flexibility index (Phi) is 7.61. The van der Waals surface area contributed by atoms with Crippen LogP contribution in [0.4, 0.5) is 17.1 Å². The smallest absolute Gasteiger partial charge is 0.0476 e. The summed E-state index contributed by atoms with van der Waals surface area (Å²) in [6, 6.07) is 73.4. The Morgan fingerprint density at radius 3 is 1.31 bits per heavy atom. The number of fused-ring (bicyclic) bond motifs is 7. The van der Waals surface area contributed by atoms with Gasteiger partial charge in [-0.2, -0.15) is 0 Å². The van der Waals surface area contributed by atoms with E-state index in [4.69, 9.17) is 0 Å². The molecule has 0 saturated carbocycles. The minimum absolute atomic E-state index is 1.12. The molecule has 0 aliphatic rings. The highest BCUT2D eigenvalue weighted by Gasteiger charge is 2.18. The lowest BCUT2D eigenvalue weighted by Gasteiger charge is -2.26. The van der Waals surface area contributed by atoms with Crippen LogP contribution >= 0.6 is 22.7 Å². The summed E-state index contributed by atoms with van der Waals surface area (Å²) in [6.45, 7) is 0. The quantitative estimate of drug-likeness (QED) is 0.164. The first kappa shape index (κ1) is 32.0. The molecule has 0 amide bonds. The number of rotatable bonds is 6. The number of anilines is 3. The molecular weight excluding hydrogens is 703 g/mol. The van der Waals surface area contributed by atoms with Gasteiger partial charge in [-0.3, -0.25) is 0 Å². The number of hydrogen-bond acceptors (Lipinski definition) is 3. The summed E-state index contributed by atoms with van der Waals surface area (Å²) in [4.78, 5) is 2.42. The van der Waals surface area contributed by atoms with Gasteiger partial charge >= 0.3 is 0 Å². The summed E-state index contributed by atoms with van der Waals surface area (Å²) in [6.07, 6.45) is 0. The number of thiophene rings is 2. The zero-order chi connectivity index (χ0) is 36.3. The lowest BCUT2D eigenvalue weighted by atomic mass is 9.88. The Morgan fingerprint density at radius 2 is 0.691 bits per heavy atom. The first-order valence-corrected chi connectivity index (χ1v) is 20.3. The Bertz CT molecular complexity index is 3100. The Balaban J connectivity index is 1.04. The molecule has 0 bridgehead atoms. The average molecular weight is 736 g/mol. The number of nitrogens with zero attached hydrogens (tertiary/aromatic N) is 1. The van der Waals surface area contributed by atoms with E-state index < -0.39 is 0 Å². The second kappa shape index (κ2) is 13.1. The molecule has 0 spiro atoms. The van der Waals surface area contributed by atoms with Crippen molar-refractivity contribution in [2.45, 2.75) is 0 Å². The molecule has 0 saturated heterocycles. The normalized spacial score (nSPS) is 11.6. The van der Waals surface area contributed by atoms with E-state index in [1.54, 1.807) is 0 Å². The molecule has 55 heavy (non-hydrogen) atoms. The van der Waals surface area contributed by atoms with Crippen LogP contribution in [0.1, 0.15) is 0 Å². The highest BCUT2D eigenvalue weighted by atomic mass is 32.1. The molecule has 9 aromatic carbocycles. The van der Waals surface area contributed by atoms with Crippen molar-refractivity contribution in [2.75, 3.05) is 4.90 Å². The van der Waals surface area contributed by atoms with Crippen molar-refractivity contribution in [1.29, 1.82) is 0 Å². The number of benzene rings is 9. The summed E-state index contributed by atoms with van der Waals surface area (Å²) in [5.74, 6) is 0. The minimum atomic E-state index is 1.12. The molecule has 0 fully saturated rings. The van der Waals surface area contributed by atoms with Gasteiger partial charge in [0.2, 0.25) is 0 Å². The molecule has 0 atom stereocenters. The second-order valence-corrected chi connectivity index (χ2v) is 16.2. The highest BCUT2D eigenvalue weighted by Crippen LogP contribution is 2.45. The van der Waals surface area contributed by atoms with Gasteiger partial charge in [-0.15, -0.1) is 22.7 Å². The van der Waals surface area contributed by atoms with E-state index in [1.165, 1.54) is 84.5 Å².